The summed E-state index contributed by atoms with van der Waals surface area (Å²) in [5, 5.41) is 4.92. The van der Waals surface area contributed by atoms with Gasteiger partial charge >= 0.3 is 0 Å². The molecule has 2 atom stereocenters. The van der Waals surface area contributed by atoms with E-state index in [1.165, 1.54) is 45.4 Å². The van der Waals surface area contributed by atoms with E-state index in [2.05, 4.69) is 17.6 Å². The fraction of sp³-hybridized carbons (Fsp3) is 0.690. The van der Waals surface area contributed by atoms with Crippen LogP contribution in [0.25, 0.3) is 0 Å². The topological polar surface area (TPSA) is 109 Å². The van der Waals surface area contributed by atoms with Gasteiger partial charge in [-0.25, -0.2) is 8.42 Å². The predicted molar refractivity (Wildman–Crippen MR) is 156 cm³/mol. The molecule has 1 aromatic rings. The normalized spacial score (nSPS) is 14.4. The number of amides is 2. The van der Waals surface area contributed by atoms with Gasteiger partial charge in [0.15, 0.2) is 15.6 Å². The SMILES string of the molecule is CCCCCCCCCCCCS(=O)(=O)CC(C)C(=O)NC(Cl)(C(=O)Nc1ccccc1)C(=O)C(C)(C)C. The zero-order chi connectivity index (χ0) is 28.8. The largest absolute Gasteiger partial charge is 0.323 e. The highest BCUT2D eigenvalue weighted by molar-refractivity contribution is 7.91. The Balaban J connectivity index is 2.67. The number of ketones is 1. The quantitative estimate of drug-likeness (QED) is 0.0936. The predicted octanol–water partition coefficient (Wildman–Crippen LogP) is 6.26. The lowest BCUT2D eigenvalue weighted by atomic mass is 9.85. The number of sulfone groups is 1. The number of alkyl halides is 1. The van der Waals surface area contributed by atoms with E-state index >= 15 is 0 Å². The average Bonchev–Trinajstić information content (AvgIpc) is 2.84. The average molecular weight is 571 g/mol. The first-order chi connectivity index (χ1) is 17.7. The van der Waals surface area contributed by atoms with Crippen LogP contribution < -0.4 is 10.6 Å². The van der Waals surface area contributed by atoms with Crippen molar-refractivity contribution >= 4 is 44.7 Å². The summed E-state index contributed by atoms with van der Waals surface area (Å²) in [6, 6.07) is 8.43. The molecule has 0 saturated heterocycles. The number of Topliss-reactive ketones (excluding diaryl/α,β-unsaturated/α-hetero) is 1. The van der Waals surface area contributed by atoms with E-state index in [9.17, 15) is 22.8 Å². The first-order valence-electron chi connectivity index (χ1n) is 13.9. The molecule has 216 valence electrons. The van der Waals surface area contributed by atoms with Crippen LogP contribution in [0.5, 0.6) is 0 Å². The zero-order valence-corrected chi connectivity index (χ0v) is 25.3. The Hall–Kier alpha value is -1.93. The minimum absolute atomic E-state index is 0.00253. The van der Waals surface area contributed by atoms with E-state index < -0.39 is 43.8 Å². The Morgan fingerprint density at radius 2 is 1.37 bits per heavy atom. The summed E-state index contributed by atoms with van der Waals surface area (Å²) in [7, 11) is -3.50. The maximum absolute atomic E-state index is 13.2. The fourth-order valence-electron chi connectivity index (χ4n) is 4.11. The molecule has 0 bridgehead atoms. The van der Waals surface area contributed by atoms with Crippen LogP contribution >= 0.6 is 11.6 Å². The second kappa shape index (κ2) is 16.2. The molecular weight excluding hydrogens is 524 g/mol. The molecule has 2 unspecified atom stereocenters. The maximum Gasteiger partial charge on any atom is 0.273 e. The summed E-state index contributed by atoms with van der Waals surface area (Å²) in [5.74, 6) is -3.74. The Labute approximate surface area is 234 Å². The Kier molecular flexibility index (Phi) is 14.6. The van der Waals surface area contributed by atoms with Gasteiger partial charge < -0.3 is 10.6 Å². The molecule has 0 spiro atoms. The molecule has 0 saturated carbocycles. The van der Waals surface area contributed by atoms with Gasteiger partial charge in [0.05, 0.1) is 11.5 Å². The van der Waals surface area contributed by atoms with Gasteiger partial charge in [0.2, 0.25) is 5.91 Å². The maximum atomic E-state index is 13.2. The lowest BCUT2D eigenvalue weighted by molar-refractivity contribution is -0.140. The number of benzene rings is 1. The van der Waals surface area contributed by atoms with Crippen molar-refractivity contribution in [3.63, 3.8) is 0 Å². The summed E-state index contributed by atoms with van der Waals surface area (Å²) in [5.41, 5.74) is -0.640. The molecule has 9 heteroatoms. The molecule has 1 rings (SSSR count). The molecule has 1 aromatic carbocycles. The summed E-state index contributed by atoms with van der Waals surface area (Å²) in [4.78, 5) is 36.8. The Morgan fingerprint density at radius 3 is 1.87 bits per heavy atom. The number of unbranched alkanes of at least 4 members (excludes halogenated alkanes) is 9. The molecule has 2 amide bonds. The zero-order valence-electron chi connectivity index (χ0n) is 23.8. The molecule has 0 radical (unpaired) electrons. The van der Waals surface area contributed by atoms with Crippen molar-refractivity contribution in [1.29, 1.82) is 0 Å². The molecule has 2 N–H and O–H groups in total. The van der Waals surface area contributed by atoms with Crippen molar-refractivity contribution < 1.29 is 22.8 Å². The summed E-state index contributed by atoms with van der Waals surface area (Å²) in [6.45, 7) is 8.43. The van der Waals surface area contributed by atoms with Gasteiger partial charge in [-0.2, -0.15) is 0 Å². The van der Waals surface area contributed by atoms with Gasteiger partial charge in [0.1, 0.15) is 0 Å². The van der Waals surface area contributed by atoms with Crippen molar-refractivity contribution in [2.45, 2.75) is 104 Å². The fourth-order valence-corrected chi connectivity index (χ4v) is 6.26. The van der Waals surface area contributed by atoms with Gasteiger partial charge in [-0.1, -0.05) is 122 Å². The molecule has 38 heavy (non-hydrogen) atoms. The van der Waals surface area contributed by atoms with Crippen LogP contribution in [0.15, 0.2) is 30.3 Å². The highest BCUT2D eigenvalue weighted by atomic mass is 35.5. The van der Waals surface area contributed by atoms with Gasteiger partial charge in [-0.3, -0.25) is 14.4 Å². The number of halogens is 1. The third kappa shape index (κ3) is 12.3. The number of para-hydroxylation sites is 1. The Bertz CT molecular complexity index is 992. The number of anilines is 1. The van der Waals surface area contributed by atoms with E-state index in [0.717, 1.165) is 19.3 Å². The first kappa shape index (κ1) is 34.1. The van der Waals surface area contributed by atoms with Crippen molar-refractivity contribution in [2.24, 2.45) is 11.3 Å². The molecule has 0 aliphatic carbocycles. The van der Waals surface area contributed by atoms with E-state index in [4.69, 9.17) is 11.6 Å². The lowest BCUT2D eigenvalue weighted by Gasteiger charge is -2.32. The first-order valence-corrected chi connectivity index (χ1v) is 16.1. The standard InChI is InChI=1S/C29H47ClN2O5S/c1-6-7-8-9-10-11-12-13-14-18-21-38(36,37)22-23(2)25(33)32-29(30,26(34)28(3,4)5)27(35)31-24-19-16-15-17-20-24/h15-17,19-20,23H,6-14,18,21-22H2,1-5H3,(H,31,35)(H,32,33). The van der Waals surface area contributed by atoms with Gasteiger partial charge in [0, 0.05) is 17.0 Å². The number of carbonyl (C=O) groups is 3. The lowest BCUT2D eigenvalue weighted by Crippen LogP contribution is -2.62. The summed E-state index contributed by atoms with van der Waals surface area (Å²) < 4.78 is 25.3. The van der Waals surface area contributed by atoms with Gasteiger partial charge in [-0.05, 0) is 18.6 Å². The number of rotatable bonds is 18. The highest BCUT2D eigenvalue weighted by Gasteiger charge is 2.50. The van der Waals surface area contributed by atoms with Crippen molar-refractivity contribution in [1.82, 2.24) is 5.32 Å². The molecule has 0 heterocycles. The van der Waals surface area contributed by atoms with E-state index in [-0.39, 0.29) is 11.5 Å². The smallest absolute Gasteiger partial charge is 0.273 e. The third-order valence-corrected chi connectivity index (χ3v) is 8.75. The van der Waals surface area contributed by atoms with Crippen LogP contribution in [-0.4, -0.2) is 42.5 Å². The monoisotopic (exact) mass is 570 g/mol. The van der Waals surface area contributed by atoms with Crippen molar-refractivity contribution in [2.75, 3.05) is 16.8 Å². The van der Waals surface area contributed by atoms with Crippen LogP contribution in [0.2, 0.25) is 0 Å². The van der Waals surface area contributed by atoms with Gasteiger partial charge in [-0.15, -0.1) is 0 Å². The Morgan fingerprint density at radius 1 is 0.868 bits per heavy atom. The van der Waals surface area contributed by atoms with Crippen LogP contribution in [0, 0.1) is 11.3 Å². The molecule has 0 aliphatic rings. The minimum atomic E-state index is -3.50. The third-order valence-electron chi connectivity index (χ3n) is 6.39. The number of hydrogen-bond donors (Lipinski definition) is 2. The van der Waals surface area contributed by atoms with Crippen LogP contribution in [-0.2, 0) is 24.2 Å². The summed E-state index contributed by atoms with van der Waals surface area (Å²) >= 11 is 6.52. The van der Waals surface area contributed by atoms with Gasteiger partial charge in [0.25, 0.3) is 10.9 Å². The summed E-state index contributed by atoms with van der Waals surface area (Å²) in [6.07, 6.45) is 11.0. The van der Waals surface area contributed by atoms with Crippen LogP contribution in [0.3, 0.4) is 0 Å². The molecule has 7 nitrogen and oxygen atoms in total. The van der Waals surface area contributed by atoms with E-state index in [1.54, 1.807) is 51.1 Å². The number of hydrogen-bond acceptors (Lipinski definition) is 5. The van der Waals surface area contributed by atoms with E-state index in [1.807, 2.05) is 0 Å². The minimum Gasteiger partial charge on any atom is -0.323 e. The van der Waals surface area contributed by atoms with Crippen molar-refractivity contribution in [3.8, 4) is 0 Å². The van der Waals surface area contributed by atoms with Crippen molar-refractivity contribution in [3.05, 3.63) is 30.3 Å². The second-order valence-corrected chi connectivity index (χ2v) is 14.0. The molecule has 0 aliphatic heterocycles. The number of carbonyl (C=O) groups excluding carboxylic acids is 3. The molecule has 0 fully saturated rings. The highest BCUT2D eigenvalue weighted by Crippen LogP contribution is 2.28. The molecule has 0 aromatic heterocycles. The number of nitrogens with one attached hydrogen (secondary N) is 2. The van der Waals surface area contributed by atoms with E-state index in [0.29, 0.717) is 12.1 Å². The second-order valence-electron chi connectivity index (χ2n) is 11.2. The molecular formula is C29H47ClN2O5S. The van der Waals surface area contributed by atoms with Crippen LogP contribution in [0.4, 0.5) is 5.69 Å². The van der Waals surface area contributed by atoms with Crippen LogP contribution in [0.1, 0.15) is 98.8 Å².